The predicted octanol–water partition coefficient (Wildman–Crippen LogP) is 1.53. The van der Waals surface area contributed by atoms with E-state index < -0.39 is 0 Å². The highest BCUT2D eigenvalue weighted by Gasteiger charge is 2.31. The molecule has 1 aromatic rings. The molecule has 0 saturated carbocycles. The summed E-state index contributed by atoms with van der Waals surface area (Å²) in [5, 5.41) is 5.20. The van der Waals surface area contributed by atoms with E-state index in [2.05, 4.69) is 21.7 Å². The number of hydrogen-bond donors (Lipinski definition) is 1. The lowest BCUT2D eigenvalue weighted by Gasteiger charge is -2.37. The van der Waals surface area contributed by atoms with Crippen LogP contribution in [0.25, 0.3) is 0 Å². The number of morpholine rings is 1. The van der Waals surface area contributed by atoms with Crippen LogP contribution in [0.3, 0.4) is 0 Å². The Hall–Kier alpha value is -0.950. The highest BCUT2D eigenvalue weighted by molar-refractivity contribution is 7.09. The third-order valence-corrected chi connectivity index (χ3v) is 5.65. The molecule has 3 rings (SSSR count). The van der Waals surface area contributed by atoms with E-state index in [0.717, 1.165) is 58.9 Å². The van der Waals surface area contributed by atoms with Gasteiger partial charge in [0.25, 0.3) is 0 Å². The molecular formula is C17H26N2O3S. The Morgan fingerprint density at radius 3 is 2.91 bits per heavy atom. The number of aryl methyl sites for hydroxylation is 1. The Morgan fingerprint density at radius 2 is 2.22 bits per heavy atom. The fourth-order valence-corrected chi connectivity index (χ4v) is 4.07. The van der Waals surface area contributed by atoms with E-state index in [9.17, 15) is 4.79 Å². The Kier molecular flexibility index (Phi) is 6.45. The van der Waals surface area contributed by atoms with Crippen LogP contribution in [-0.4, -0.2) is 62.9 Å². The molecule has 0 radical (unpaired) electrons. The highest BCUT2D eigenvalue weighted by Crippen LogP contribution is 2.22. The molecule has 2 aliphatic rings. The SMILES string of the molecule is O=C(CCc1cccs1)NC[C@@H]([C@H]1CCOC1)N1CCOCC1. The zero-order chi connectivity index (χ0) is 15.9. The third-order valence-electron chi connectivity index (χ3n) is 4.71. The van der Waals surface area contributed by atoms with Crippen LogP contribution in [0.5, 0.6) is 0 Å². The maximum atomic E-state index is 12.2. The molecule has 1 N–H and O–H groups in total. The molecule has 23 heavy (non-hydrogen) atoms. The third kappa shape index (κ3) is 5.01. The van der Waals surface area contributed by atoms with Gasteiger partial charge in [-0.25, -0.2) is 0 Å². The molecule has 1 amide bonds. The van der Waals surface area contributed by atoms with Crippen molar-refractivity contribution in [2.24, 2.45) is 5.92 Å². The quantitative estimate of drug-likeness (QED) is 0.819. The van der Waals surface area contributed by atoms with Crippen molar-refractivity contribution < 1.29 is 14.3 Å². The summed E-state index contributed by atoms with van der Waals surface area (Å²) in [6.45, 7) is 5.85. The van der Waals surface area contributed by atoms with E-state index in [1.165, 1.54) is 4.88 Å². The number of nitrogens with one attached hydrogen (secondary N) is 1. The van der Waals surface area contributed by atoms with Crippen LogP contribution in [0.2, 0.25) is 0 Å². The van der Waals surface area contributed by atoms with Crippen LogP contribution in [0.4, 0.5) is 0 Å². The topological polar surface area (TPSA) is 50.8 Å². The van der Waals surface area contributed by atoms with Crippen molar-refractivity contribution in [3.05, 3.63) is 22.4 Å². The van der Waals surface area contributed by atoms with Gasteiger partial charge in [0.2, 0.25) is 5.91 Å². The summed E-state index contributed by atoms with van der Waals surface area (Å²) in [6, 6.07) is 4.49. The van der Waals surface area contributed by atoms with E-state index in [4.69, 9.17) is 9.47 Å². The van der Waals surface area contributed by atoms with Crippen molar-refractivity contribution in [3.8, 4) is 0 Å². The molecule has 0 aliphatic carbocycles. The van der Waals surface area contributed by atoms with E-state index in [0.29, 0.717) is 18.4 Å². The summed E-state index contributed by atoms with van der Waals surface area (Å²) in [6.07, 6.45) is 2.49. The molecule has 0 aromatic carbocycles. The lowest BCUT2D eigenvalue weighted by molar-refractivity contribution is -0.121. The molecule has 2 saturated heterocycles. The van der Waals surface area contributed by atoms with Crippen molar-refractivity contribution in [1.82, 2.24) is 10.2 Å². The highest BCUT2D eigenvalue weighted by atomic mass is 32.1. The number of carbonyl (C=O) groups excluding carboxylic acids is 1. The van der Waals surface area contributed by atoms with Crippen LogP contribution in [-0.2, 0) is 20.7 Å². The molecular weight excluding hydrogens is 312 g/mol. The zero-order valence-corrected chi connectivity index (χ0v) is 14.4. The Bertz CT molecular complexity index is 468. The summed E-state index contributed by atoms with van der Waals surface area (Å²) in [5.41, 5.74) is 0. The lowest BCUT2D eigenvalue weighted by Crippen LogP contribution is -2.52. The molecule has 5 nitrogen and oxygen atoms in total. The van der Waals surface area contributed by atoms with Crippen LogP contribution >= 0.6 is 11.3 Å². The van der Waals surface area contributed by atoms with Crippen LogP contribution < -0.4 is 5.32 Å². The van der Waals surface area contributed by atoms with Gasteiger partial charge in [-0.2, -0.15) is 0 Å². The van der Waals surface area contributed by atoms with Gasteiger partial charge in [-0.1, -0.05) is 6.07 Å². The molecule has 2 atom stereocenters. The summed E-state index contributed by atoms with van der Waals surface area (Å²) in [5.74, 6) is 0.668. The number of hydrogen-bond acceptors (Lipinski definition) is 5. The molecule has 0 spiro atoms. The number of amides is 1. The second kappa shape index (κ2) is 8.78. The Labute approximate surface area is 142 Å². The average Bonchev–Trinajstić information content (AvgIpc) is 3.28. The Balaban J connectivity index is 1.47. The molecule has 6 heteroatoms. The van der Waals surface area contributed by atoms with Gasteiger partial charge < -0.3 is 14.8 Å². The minimum Gasteiger partial charge on any atom is -0.381 e. The van der Waals surface area contributed by atoms with Crippen LogP contribution in [0.15, 0.2) is 17.5 Å². The average molecular weight is 338 g/mol. The molecule has 2 aliphatic heterocycles. The maximum absolute atomic E-state index is 12.2. The van der Waals surface area contributed by atoms with Crippen molar-refractivity contribution in [1.29, 1.82) is 0 Å². The first-order chi connectivity index (χ1) is 11.3. The van der Waals surface area contributed by atoms with Crippen molar-refractivity contribution in [2.75, 3.05) is 46.1 Å². The van der Waals surface area contributed by atoms with Gasteiger partial charge in [0.05, 0.1) is 19.8 Å². The number of thiophene rings is 1. The molecule has 1 aromatic heterocycles. The summed E-state index contributed by atoms with van der Waals surface area (Å²) >= 11 is 1.71. The lowest BCUT2D eigenvalue weighted by atomic mass is 9.97. The number of nitrogens with zero attached hydrogens (tertiary/aromatic N) is 1. The smallest absolute Gasteiger partial charge is 0.220 e. The van der Waals surface area contributed by atoms with Crippen LogP contribution in [0.1, 0.15) is 17.7 Å². The van der Waals surface area contributed by atoms with Crippen molar-refractivity contribution >= 4 is 17.2 Å². The summed E-state index contributed by atoms with van der Waals surface area (Å²) < 4.78 is 11.0. The Morgan fingerprint density at radius 1 is 1.35 bits per heavy atom. The first-order valence-electron chi connectivity index (χ1n) is 8.51. The first kappa shape index (κ1) is 16.9. The van der Waals surface area contributed by atoms with Gasteiger partial charge in [0, 0.05) is 49.5 Å². The summed E-state index contributed by atoms with van der Waals surface area (Å²) in [7, 11) is 0. The fraction of sp³-hybridized carbons (Fsp3) is 0.706. The standard InChI is InChI=1S/C17H26N2O3S/c20-17(4-3-15-2-1-11-23-15)18-12-16(14-5-8-22-13-14)19-6-9-21-10-7-19/h1-2,11,14,16H,3-10,12-13H2,(H,18,20)/t14-,16-/m0/s1. The van der Waals surface area contributed by atoms with Gasteiger partial charge in [-0.3, -0.25) is 9.69 Å². The second-order valence-electron chi connectivity index (χ2n) is 6.22. The molecule has 2 fully saturated rings. The molecule has 0 bridgehead atoms. The fourth-order valence-electron chi connectivity index (χ4n) is 3.36. The van der Waals surface area contributed by atoms with Gasteiger partial charge in [0.1, 0.15) is 0 Å². The second-order valence-corrected chi connectivity index (χ2v) is 7.26. The van der Waals surface area contributed by atoms with Crippen molar-refractivity contribution in [2.45, 2.75) is 25.3 Å². The van der Waals surface area contributed by atoms with E-state index in [-0.39, 0.29) is 5.91 Å². The largest absolute Gasteiger partial charge is 0.381 e. The van der Waals surface area contributed by atoms with Gasteiger partial charge >= 0.3 is 0 Å². The normalized spacial score (nSPS) is 23.7. The van der Waals surface area contributed by atoms with E-state index in [1.807, 2.05) is 6.07 Å². The van der Waals surface area contributed by atoms with Crippen molar-refractivity contribution in [3.63, 3.8) is 0 Å². The monoisotopic (exact) mass is 338 g/mol. The van der Waals surface area contributed by atoms with Gasteiger partial charge in [-0.05, 0) is 24.3 Å². The van der Waals surface area contributed by atoms with Crippen LogP contribution in [0, 0.1) is 5.92 Å². The van der Waals surface area contributed by atoms with E-state index >= 15 is 0 Å². The zero-order valence-electron chi connectivity index (χ0n) is 13.5. The molecule has 128 valence electrons. The van der Waals surface area contributed by atoms with Gasteiger partial charge in [-0.15, -0.1) is 11.3 Å². The maximum Gasteiger partial charge on any atom is 0.220 e. The molecule has 0 unspecified atom stereocenters. The molecule has 3 heterocycles. The number of ether oxygens (including phenoxy) is 2. The minimum absolute atomic E-state index is 0.149. The first-order valence-corrected chi connectivity index (χ1v) is 9.39. The van der Waals surface area contributed by atoms with E-state index in [1.54, 1.807) is 11.3 Å². The van der Waals surface area contributed by atoms with Gasteiger partial charge in [0.15, 0.2) is 0 Å². The predicted molar refractivity (Wildman–Crippen MR) is 90.8 cm³/mol. The minimum atomic E-state index is 0.149. The summed E-state index contributed by atoms with van der Waals surface area (Å²) in [4.78, 5) is 15.9. The number of rotatable bonds is 7. The number of carbonyl (C=O) groups is 1.